The molecule has 152 valence electrons. The molecule has 0 unspecified atom stereocenters. The number of likely N-dealkylation sites (tertiary alicyclic amines) is 1. The first-order chi connectivity index (χ1) is 13.7. The summed E-state index contributed by atoms with van der Waals surface area (Å²) in [4.78, 5) is 2.59. The smallest absolute Gasteiger partial charge is 0.119 e. The molecule has 2 aromatic rings. The van der Waals surface area contributed by atoms with Gasteiger partial charge in [0.2, 0.25) is 0 Å². The summed E-state index contributed by atoms with van der Waals surface area (Å²) in [6, 6.07) is 13.4. The van der Waals surface area contributed by atoms with Crippen LogP contribution in [0, 0.1) is 13.8 Å². The molecule has 2 heteroatoms. The van der Waals surface area contributed by atoms with Crippen molar-refractivity contribution in [3.8, 4) is 5.75 Å². The second-order valence-electron chi connectivity index (χ2n) is 8.32. The summed E-state index contributed by atoms with van der Waals surface area (Å²) in [7, 11) is 0. The van der Waals surface area contributed by atoms with Crippen LogP contribution in [-0.4, -0.2) is 31.1 Å². The minimum absolute atomic E-state index is 0.783. The van der Waals surface area contributed by atoms with Gasteiger partial charge in [0.15, 0.2) is 0 Å². The third-order valence-corrected chi connectivity index (χ3v) is 5.99. The maximum atomic E-state index is 6.00. The van der Waals surface area contributed by atoms with Crippen LogP contribution in [0.4, 0.5) is 0 Å². The van der Waals surface area contributed by atoms with E-state index in [9.17, 15) is 0 Å². The molecule has 2 aromatic carbocycles. The number of hydrogen-bond acceptors (Lipinski definition) is 2. The molecule has 0 spiro atoms. The van der Waals surface area contributed by atoms with Crippen molar-refractivity contribution in [2.45, 2.75) is 65.7 Å². The van der Waals surface area contributed by atoms with Crippen LogP contribution in [0.1, 0.15) is 60.4 Å². The van der Waals surface area contributed by atoms with E-state index in [1.165, 1.54) is 73.1 Å². The lowest BCUT2D eigenvalue weighted by atomic mass is 9.94. The molecule has 1 aliphatic rings. The molecule has 1 heterocycles. The zero-order valence-electron chi connectivity index (χ0n) is 18.1. The van der Waals surface area contributed by atoms with Gasteiger partial charge in [0.05, 0.1) is 6.61 Å². The highest BCUT2D eigenvalue weighted by Gasteiger charge is 2.10. The predicted molar refractivity (Wildman–Crippen MR) is 120 cm³/mol. The Morgan fingerprint density at radius 1 is 0.929 bits per heavy atom. The van der Waals surface area contributed by atoms with E-state index in [2.05, 4.69) is 62.1 Å². The minimum atomic E-state index is 0.783. The molecule has 3 rings (SSSR count). The Kier molecular flexibility index (Phi) is 7.97. The third-order valence-electron chi connectivity index (χ3n) is 5.99. The molecular formula is C26H37NO. The van der Waals surface area contributed by atoms with Crippen molar-refractivity contribution in [2.24, 2.45) is 0 Å². The van der Waals surface area contributed by atoms with Gasteiger partial charge in [0.1, 0.15) is 5.75 Å². The van der Waals surface area contributed by atoms with Crippen LogP contribution in [0.5, 0.6) is 5.75 Å². The monoisotopic (exact) mass is 379 g/mol. The number of hydrogen-bond donors (Lipinski definition) is 0. The van der Waals surface area contributed by atoms with Crippen LogP contribution in [0.3, 0.4) is 0 Å². The zero-order valence-corrected chi connectivity index (χ0v) is 18.1. The SMILES string of the molecule is CCc1cc(C)cc(C)c1CCCOc1ccc(CCCN2CCCC2)cc1. The lowest BCUT2D eigenvalue weighted by Crippen LogP contribution is -2.20. The van der Waals surface area contributed by atoms with Crippen LogP contribution >= 0.6 is 0 Å². The Hall–Kier alpha value is -1.80. The highest BCUT2D eigenvalue weighted by molar-refractivity contribution is 5.38. The van der Waals surface area contributed by atoms with Crippen LogP contribution in [0.25, 0.3) is 0 Å². The Balaban J connectivity index is 1.39. The van der Waals surface area contributed by atoms with Crippen molar-refractivity contribution in [2.75, 3.05) is 26.2 Å². The van der Waals surface area contributed by atoms with Gasteiger partial charge in [-0.1, -0.05) is 36.8 Å². The lowest BCUT2D eigenvalue weighted by Gasteiger charge is -2.14. The van der Waals surface area contributed by atoms with E-state index in [0.29, 0.717) is 0 Å². The van der Waals surface area contributed by atoms with Gasteiger partial charge < -0.3 is 9.64 Å². The fraction of sp³-hybridized carbons (Fsp3) is 0.538. The number of benzene rings is 2. The van der Waals surface area contributed by atoms with Crippen LogP contribution in [0.15, 0.2) is 36.4 Å². The average molecular weight is 380 g/mol. The molecule has 0 aromatic heterocycles. The molecule has 0 amide bonds. The van der Waals surface area contributed by atoms with E-state index in [-0.39, 0.29) is 0 Å². The van der Waals surface area contributed by atoms with E-state index < -0.39 is 0 Å². The predicted octanol–water partition coefficient (Wildman–Crippen LogP) is 5.91. The third kappa shape index (κ3) is 6.10. The van der Waals surface area contributed by atoms with Crippen molar-refractivity contribution in [3.05, 3.63) is 64.2 Å². The maximum Gasteiger partial charge on any atom is 0.119 e. The first-order valence-corrected chi connectivity index (χ1v) is 11.2. The summed E-state index contributed by atoms with van der Waals surface area (Å²) >= 11 is 0. The first kappa shape index (κ1) is 20.9. The average Bonchev–Trinajstić information content (AvgIpc) is 3.20. The second-order valence-corrected chi connectivity index (χ2v) is 8.32. The summed E-state index contributed by atoms with van der Waals surface area (Å²) in [6.45, 7) is 11.3. The van der Waals surface area contributed by atoms with E-state index in [1.807, 2.05) is 0 Å². The van der Waals surface area contributed by atoms with E-state index in [1.54, 1.807) is 0 Å². The van der Waals surface area contributed by atoms with Crippen molar-refractivity contribution in [3.63, 3.8) is 0 Å². The molecule has 0 aliphatic carbocycles. The van der Waals surface area contributed by atoms with E-state index in [4.69, 9.17) is 4.74 Å². The molecule has 28 heavy (non-hydrogen) atoms. The van der Waals surface area contributed by atoms with Crippen molar-refractivity contribution >= 4 is 0 Å². The number of rotatable bonds is 10. The number of nitrogens with zero attached hydrogens (tertiary/aromatic N) is 1. The van der Waals surface area contributed by atoms with Gasteiger partial charge in [-0.05, 0) is 113 Å². The molecule has 0 saturated carbocycles. The summed E-state index contributed by atoms with van der Waals surface area (Å²) in [5.74, 6) is 1.000. The summed E-state index contributed by atoms with van der Waals surface area (Å²) in [5, 5.41) is 0. The fourth-order valence-corrected chi connectivity index (χ4v) is 4.46. The minimum Gasteiger partial charge on any atom is -0.494 e. The summed E-state index contributed by atoms with van der Waals surface area (Å²) < 4.78 is 6.00. The van der Waals surface area contributed by atoms with Crippen LogP contribution in [0.2, 0.25) is 0 Å². The summed E-state index contributed by atoms with van der Waals surface area (Å²) in [5.41, 5.74) is 7.24. The molecule has 0 N–H and O–H groups in total. The molecular weight excluding hydrogens is 342 g/mol. The second kappa shape index (κ2) is 10.7. The molecule has 0 bridgehead atoms. The highest BCUT2D eigenvalue weighted by atomic mass is 16.5. The van der Waals surface area contributed by atoms with Gasteiger partial charge in [-0.25, -0.2) is 0 Å². The normalized spacial score (nSPS) is 14.5. The van der Waals surface area contributed by atoms with E-state index >= 15 is 0 Å². The van der Waals surface area contributed by atoms with Gasteiger partial charge >= 0.3 is 0 Å². The van der Waals surface area contributed by atoms with Gasteiger partial charge in [-0.15, -0.1) is 0 Å². The van der Waals surface area contributed by atoms with Crippen molar-refractivity contribution < 1.29 is 4.74 Å². The molecule has 0 radical (unpaired) electrons. The largest absolute Gasteiger partial charge is 0.494 e. The fourth-order valence-electron chi connectivity index (χ4n) is 4.46. The van der Waals surface area contributed by atoms with Crippen molar-refractivity contribution in [1.29, 1.82) is 0 Å². The summed E-state index contributed by atoms with van der Waals surface area (Å²) in [6.07, 6.45) is 8.47. The zero-order chi connectivity index (χ0) is 19.8. The van der Waals surface area contributed by atoms with E-state index in [0.717, 1.165) is 31.6 Å². The van der Waals surface area contributed by atoms with Crippen molar-refractivity contribution in [1.82, 2.24) is 4.90 Å². The highest BCUT2D eigenvalue weighted by Crippen LogP contribution is 2.20. The molecule has 1 aliphatic heterocycles. The Bertz CT molecular complexity index is 729. The Labute approximate surface area is 171 Å². The Morgan fingerprint density at radius 2 is 1.68 bits per heavy atom. The Morgan fingerprint density at radius 3 is 2.39 bits per heavy atom. The van der Waals surface area contributed by atoms with Gasteiger partial charge in [-0.3, -0.25) is 0 Å². The number of aryl methyl sites for hydroxylation is 4. The molecule has 0 atom stereocenters. The molecule has 1 saturated heterocycles. The van der Waals surface area contributed by atoms with Crippen LogP contribution in [-0.2, 0) is 19.3 Å². The topological polar surface area (TPSA) is 12.5 Å². The van der Waals surface area contributed by atoms with Gasteiger partial charge in [0.25, 0.3) is 0 Å². The quantitative estimate of drug-likeness (QED) is 0.476. The standard InChI is InChI=1S/C26H37NO/c1-4-24-20-21(2)19-22(3)26(24)10-8-18-28-25-13-11-23(12-14-25)9-7-17-27-15-5-6-16-27/h11-14,19-20H,4-10,15-18H2,1-3H3. The first-order valence-electron chi connectivity index (χ1n) is 11.2. The molecule has 1 fully saturated rings. The lowest BCUT2D eigenvalue weighted by molar-refractivity contribution is 0.310. The number of ether oxygens (including phenoxy) is 1. The molecule has 2 nitrogen and oxygen atoms in total. The van der Waals surface area contributed by atoms with Gasteiger partial charge in [-0.2, -0.15) is 0 Å². The maximum absolute atomic E-state index is 6.00. The van der Waals surface area contributed by atoms with Crippen LogP contribution < -0.4 is 4.74 Å². The van der Waals surface area contributed by atoms with Gasteiger partial charge in [0, 0.05) is 0 Å².